The normalized spacial score (nSPS) is 11.9. The Morgan fingerprint density at radius 1 is 1.50 bits per heavy atom. The van der Waals surface area contributed by atoms with E-state index in [2.05, 4.69) is 20.7 Å². The molecule has 0 saturated heterocycles. The van der Waals surface area contributed by atoms with Crippen molar-refractivity contribution in [1.29, 1.82) is 0 Å². The lowest BCUT2D eigenvalue weighted by atomic mass is 10.2. The number of amides is 1. The highest BCUT2D eigenvalue weighted by Crippen LogP contribution is 2.14. The van der Waals surface area contributed by atoms with Crippen molar-refractivity contribution in [3.63, 3.8) is 0 Å². The zero-order valence-corrected chi connectivity index (χ0v) is 10.5. The van der Waals surface area contributed by atoms with Crippen LogP contribution in [0.5, 0.6) is 0 Å². The summed E-state index contributed by atoms with van der Waals surface area (Å²) >= 11 is 0. The maximum Gasteiger partial charge on any atom is 0.243 e. The van der Waals surface area contributed by atoms with Crippen LogP contribution >= 0.6 is 12.4 Å². The number of nitrogens with zero attached hydrogens (tertiary/aromatic N) is 2. The molecule has 0 radical (unpaired) electrons. The van der Waals surface area contributed by atoms with Crippen LogP contribution in [0.1, 0.15) is 0 Å². The van der Waals surface area contributed by atoms with Gasteiger partial charge in [0.1, 0.15) is 17.1 Å². The van der Waals surface area contributed by atoms with Crippen LogP contribution in [0.15, 0.2) is 18.2 Å². The van der Waals surface area contributed by atoms with Crippen LogP contribution in [0.4, 0.5) is 5.69 Å². The van der Waals surface area contributed by atoms with Crippen molar-refractivity contribution < 1.29 is 9.53 Å². The maximum atomic E-state index is 11.6. The number of hydrogen-bond donors (Lipinski definition) is 3. The number of nitrogens with two attached hydrogens (primary N) is 1. The second-order valence-electron chi connectivity index (χ2n) is 3.58. The molecule has 0 aliphatic rings. The average Bonchev–Trinajstić information content (AvgIpc) is 2.76. The number of fused-ring (bicyclic) bond motifs is 1. The van der Waals surface area contributed by atoms with Crippen molar-refractivity contribution in [2.24, 2.45) is 5.73 Å². The Bertz CT molecular complexity index is 530. The Balaban J connectivity index is 0.00000162. The first kappa shape index (κ1) is 14.4. The Hall–Kier alpha value is -1.70. The zero-order valence-electron chi connectivity index (χ0n) is 9.71. The average molecular weight is 272 g/mol. The molecule has 1 unspecified atom stereocenters. The fraction of sp³-hybridized carbons (Fsp3) is 0.300. The molecule has 98 valence electrons. The topological polar surface area (TPSA) is 106 Å². The number of hydrogen-bond acceptors (Lipinski definition) is 5. The molecule has 1 aromatic carbocycles. The summed E-state index contributed by atoms with van der Waals surface area (Å²) in [7, 11) is 1.49. The molecule has 0 aliphatic heterocycles. The number of nitrogens with one attached hydrogen (secondary N) is 2. The van der Waals surface area contributed by atoms with Crippen LogP contribution in [-0.4, -0.2) is 41.1 Å². The zero-order chi connectivity index (χ0) is 12.3. The Labute approximate surface area is 109 Å². The van der Waals surface area contributed by atoms with Crippen molar-refractivity contribution in [2.45, 2.75) is 6.04 Å². The second-order valence-corrected chi connectivity index (χ2v) is 3.58. The molecule has 1 aromatic heterocycles. The smallest absolute Gasteiger partial charge is 0.243 e. The fourth-order valence-corrected chi connectivity index (χ4v) is 1.41. The van der Waals surface area contributed by atoms with Crippen molar-refractivity contribution in [2.75, 3.05) is 19.0 Å². The van der Waals surface area contributed by atoms with Crippen LogP contribution < -0.4 is 11.1 Å². The third kappa shape index (κ3) is 3.16. The molecule has 1 heterocycles. The Morgan fingerprint density at radius 2 is 2.22 bits per heavy atom. The summed E-state index contributed by atoms with van der Waals surface area (Å²) < 4.78 is 4.81. The van der Waals surface area contributed by atoms with Crippen molar-refractivity contribution in [1.82, 2.24) is 15.4 Å². The van der Waals surface area contributed by atoms with Crippen molar-refractivity contribution >= 4 is 35.0 Å². The van der Waals surface area contributed by atoms with Gasteiger partial charge in [0.2, 0.25) is 5.91 Å². The summed E-state index contributed by atoms with van der Waals surface area (Å²) in [6.45, 7) is 0.179. The van der Waals surface area contributed by atoms with Gasteiger partial charge in [-0.05, 0) is 18.2 Å². The molecule has 1 amide bonds. The van der Waals surface area contributed by atoms with Gasteiger partial charge in [-0.3, -0.25) is 4.79 Å². The molecule has 18 heavy (non-hydrogen) atoms. The molecule has 0 fully saturated rings. The summed E-state index contributed by atoms with van der Waals surface area (Å²) in [6, 6.07) is 4.53. The van der Waals surface area contributed by atoms with Crippen LogP contribution in [0.2, 0.25) is 0 Å². The minimum atomic E-state index is -0.687. The van der Waals surface area contributed by atoms with Gasteiger partial charge in [0.25, 0.3) is 0 Å². The number of carbonyl (C=O) groups is 1. The molecule has 8 heteroatoms. The predicted octanol–water partition coefficient (Wildman–Crippen LogP) is 0.292. The molecule has 2 aromatic rings. The third-order valence-electron chi connectivity index (χ3n) is 2.27. The number of ether oxygens (including phenoxy) is 1. The monoisotopic (exact) mass is 271 g/mol. The number of aromatic amines is 1. The van der Waals surface area contributed by atoms with Crippen LogP contribution in [0.3, 0.4) is 0 Å². The molecular weight excluding hydrogens is 258 g/mol. The van der Waals surface area contributed by atoms with Gasteiger partial charge in [-0.25, -0.2) is 0 Å². The fourth-order valence-electron chi connectivity index (χ4n) is 1.41. The molecular formula is C10H14ClN5O2. The standard InChI is InChI=1S/C10H13N5O2.ClH/c1-17-5-7(11)10(16)12-6-2-3-8-9(4-6)14-15-13-8;/h2-4,7H,5,11H2,1H3,(H,12,16)(H,13,14,15);1H. The van der Waals surface area contributed by atoms with Gasteiger partial charge < -0.3 is 15.8 Å². The SMILES string of the molecule is COCC(N)C(=O)Nc1ccc2n[nH]nc2c1.Cl. The van der Waals surface area contributed by atoms with Crippen LogP contribution in [-0.2, 0) is 9.53 Å². The highest BCUT2D eigenvalue weighted by Gasteiger charge is 2.13. The molecule has 1 atom stereocenters. The van der Waals surface area contributed by atoms with Gasteiger partial charge >= 0.3 is 0 Å². The molecule has 2 rings (SSSR count). The quantitative estimate of drug-likeness (QED) is 0.741. The lowest BCUT2D eigenvalue weighted by Crippen LogP contribution is -2.39. The third-order valence-corrected chi connectivity index (χ3v) is 2.27. The Kier molecular flexibility index (Phi) is 5.02. The molecule has 0 spiro atoms. The van der Waals surface area contributed by atoms with E-state index in [-0.39, 0.29) is 24.9 Å². The first-order chi connectivity index (χ1) is 8.20. The number of anilines is 1. The first-order valence-corrected chi connectivity index (χ1v) is 5.06. The lowest BCUT2D eigenvalue weighted by Gasteiger charge is -2.10. The number of halogens is 1. The number of rotatable bonds is 4. The number of methoxy groups -OCH3 is 1. The van der Waals surface area contributed by atoms with E-state index in [1.807, 2.05) is 0 Å². The van der Waals surface area contributed by atoms with Crippen molar-refractivity contribution in [3.8, 4) is 0 Å². The maximum absolute atomic E-state index is 11.6. The summed E-state index contributed by atoms with van der Waals surface area (Å²) in [5.74, 6) is -0.297. The first-order valence-electron chi connectivity index (χ1n) is 5.06. The van der Waals surface area contributed by atoms with E-state index < -0.39 is 6.04 Å². The summed E-state index contributed by atoms with van der Waals surface area (Å²) in [6.07, 6.45) is 0. The molecule has 0 bridgehead atoms. The van der Waals surface area contributed by atoms with Crippen LogP contribution in [0.25, 0.3) is 11.0 Å². The highest BCUT2D eigenvalue weighted by molar-refractivity contribution is 5.96. The largest absolute Gasteiger partial charge is 0.383 e. The molecule has 0 saturated carbocycles. The van der Waals surface area contributed by atoms with E-state index in [0.29, 0.717) is 11.2 Å². The van der Waals surface area contributed by atoms with E-state index >= 15 is 0 Å². The molecule has 7 nitrogen and oxygen atoms in total. The summed E-state index contributed by atoms with van der Waals surface area (Å²) in [5.41, 5.74) is 7.65. The van der Waals surface area contributed by atoms with Gasteiger partial charge in [0.15, 0.2) is 0 Å². The van der Waals surface area contributed by atoms with Crippen LogP contribution in [0, 0.1) is 0 Å². The summed E-state index contributed by atoms with van der Waals surface area (Å²) in [5, 5.41) is 13.0. The summed E-state index contributed by atoms with van der Waals surface area (Å²) in [4.78, 5) is 11.6. The van der Waals surface area contributed by atoms with Gasteiger partial charge in [-0.15, -0.1) is 12.4 Å². The Morgan fingerprint density at radius 3 is 2.94 bits per heavy atom. The minimum absolute atomic E-state index is 0. The van der Waals surface area contributed by atoms with E-state index in [4.69, 9.17) is 10.5 Å². The second kappa shape index (κ2) is 6.29. The molecule has 4 N–H and O–H groups in total. The molecule has 0 aliphatic carbocycles. The lowest BCUT2D eigenvalue weighted by molar-refractivity contribution is -0.118. The number of H-pyrrole nitrogens is 1. The van der Waals surface area contributed by atoms with E-state index in [1.54, 1.807) is 18.2 Å². The predicted molar refractivity (Wildman–Crippen MR) is 69.6 cm³/mol. The van der Waals surface area contributed by atoms with Gasteiger partial charge in [0.05, 0.1) is 6.61 Å². The van der Waals surface area contributed by atoms with Gasteiger partial charge in [0, 0.05) is 12.8 Å². The number of carbonyl (C=O) groups excluding carboxylic acids is 1. The van der Waals surface area contributed by atoms with E-state index in [0.717, 1.165) is 5.52 Å². The van der Waals surface area contributed by atoms with Crippen molar-refractivity contribution in [3.05, 3.63) is 18.2 Å². The van der Waals surface area contributed by atoms with E-state index in [9.17, 15) is 4.79 Å². The number of benzene rings is 1. The number of aromatic nitrogens is 3. The minimum Gasteiger partial charge on any atom is -0.383 e. The van der Waals surface area contributed by atoms with Gasteiger partial charge in [-0.2, -0.15) is 15.4 Å². The van der Waals surface area contributed by atoms with E-state index in [1.165, 1.54) is 7.11 Å². The highest BCUT2D eigenvalue weighted by atomic mass is 35.5. The van der Waals surface area contributed by atoms with Gasteiger partial charge in [-0.1, -0.05) is 0 Å².